The molecule has 0 saturated heterocycles. The van der Waals surface area contributed by atoms with Crippen LogP contribution in [0, 0.1) is 0 Å². The molecule has 1 aromatic carbocycles. The number of hydrogen-bond donors (Lipinski definition) is 2. The van der Waals surface area contributed by atoms with E-state index >= 15 is 0 Å². The van der Waals surface area contributed by atoms with Gasteiger partial charge in [0, 0.05) is 43.6 Å². The van der Waals surface area contributed by atoms with Crippen LogP contribution in [0.2, 0.25) is 0 Å². The van der Waals surface area contributed by atoms with E-state index in [0.717, 1.165) is 13.1 Å². The first kappa shape index (κ1) is 18.9. The number of anilines is 1. The minimum atomic E-state index is -0.0660. The second-order valence-electron chi connectivity index (χ2n) is 6.13. The van der Waals surface area contributed by atoms with Gasteiger partial charge >= 0.3 is 0 Å². The maximum Gasteiger partial charge on any atom is 0.251 e. The molecule has 2 rings (SSSR count). The van der Waals surface area contributed by atoms with E-state index in [-0.39, 0.29) is 5.91 Å². The Morgan fingerprint density at radius 3 is 2.52 bits per heavy atom. The molecule has 2 aromatic rings. The second kappa shape index (κ2) is 9.74. The van der Waals surface area contributed by atoms with Gasteiger partial charge in [-0.3, -0.25) is 14.7 Å². The van der Waals surface area contributed by atoms with Crippen molar-refractivity contribution in [2.75, 3.05) is 25.0 Å². The molecule has 0 radical (unpaired) electrons. The molecule has 0 bridgehead atoms. The maximum absolute atomic E-state index is 12.2. The zero-order valence-corrected chi connectivity index (χ0v) is 15.2. The zero-order chi connectivity index (χ0) is 18.1. The van der Waals surface area contributed by atoms with E-state index in [1.165, 1.54) is 5.56 Å². The van der Waals surface area contributed by atoms with E-state index in [4.69, 9.17) is 0 Å². The third-order valence-corrected chi connectivity index (χ3v) is 4.02. The van der Waals surface area contributed by atoms with Crippen LogP contribution < -0.4 is 10.6 Å². The molecule has 6 heteroatoms. The predicted molar refractivity (Wildman–Crippen MR) is 101 cm³/mol. The zero-order valence-electron chi connectivity index (χ0n) is 15.2. The fourth-order valence-electron chi connectivity index (χ4n) is 2.51. The summed E-state index contributed by atoms with van der Waals surface area (Å²) in [7, 11) is 0. The van der Waals surface area contributed by atoms with Gasteiger partial charge in [0.25, 0.3) is 5.91 Å². The van der Waals surface area contributed by atoms with Gasteiger partial charge in [-0.25, -0.2) is 4.98 Å². The Balaban J connectivity index is 1.78. The molecule has 1 amide bonds. The van der Waals surface area contributed by atoms with Crippen molar-refractivity contribution in [3.05, 3.63) is 54.0 Å². The highest BCUT2D eigenvalue weighted by molar-refractivity contribution is 5.94. The molecule has 0 aliphatic rings. The average Bonchev–Trinajstić information content (AvgIpc) is 2.64. The smallest absolute Gasteiger partial charge is 0.251 e. The molecule has 0 aliphatic heterocycles. The minimum Gasteiger partial charge on any atom is -0.367 e. The Bertz CT molecular complexity index is 643. The van der Waals surface area contributed by atoms with E-state index in [9.17, 15) is 4.79 Å². The summed E-state index contributed by atoms with van der Waals surface area (Å²) < 4.78 is 0. The quantitative estimate of drug-likeness (QED) is 0.686. The van der Waals surface area contributed by atoms with Crippen molar-refractivity contribution in [2.45, 2.75) is 33.4 Å². The fourth-order valence-corrected chi connectivity index (χ4v) is 2.51. The monoisotopic (exact) mass is 341 g/mol. The van der Waals surface area contributed by atoms with E-state index in [1.807, 2.05) is 24.3 Å². The van der Waals surface area contributed by atoms with E-state index in [1.54, 1.807) is 18.6 Å². The van der Waals surface area contributed by atoms with Crippen LogP contribution in [0.15, 0.2) is 42.9 Å². The molecular weight excluding hydrogens is 314 g/mol. The second-order valence-corrected chi connectivity index (χ2v) is 6.13. The molecular formula is C19H27N5O. The van der Waals surface area contributed by atoms with Crippen molar-refractivity contribution in [1.82, 2.24) is 20.2 Å². The highest BCUT2D eigenvalue weighted by atomic mass is 16.1. The topological polar surface area (TPSA) is 70.2 Å². The summed E-state index contributed by atoms with van der Waals surface area (Å²) in [5, 5.41) is 6.00. The van der Waals surface area contributed by atoms with Gasteiger partial charge in [-0.15, -0.1) is 0 Å². The lowest BCUT2D eigenvalue weighted by Gasteiger charge is -2.24. The molecule has 0 atom stereocenters. The summed E-state index contributed by atoms with van der Waals surface area (Å²) in [4.78, 5) is 22.7. The molecule has 0 saturated carbocycles. The summed E-state index contributed by atoms with van der Waals surface area (Å²) in [6.07, 6.45) is 4.90. The average molecular weight is 341 g/mol. The number of nitrogens with zero attached hydrogens (tertiary/aromatic N) is 3. The van der Waals surface area contributed by atoms with Gasteiger partial charge in [0.1, 0.15) is 5.82 Å². The Hall–Kier alpha value is -2.47. The molecule has 0 aliphatic carbocycles. The molecule has 6 nitrogen and oxygen atoms in total. The van der Waals surface area contributed by atoms with E-state index in [0.29, 0.717) is 30.5 Å². The number of benzene rings is 1. The van der Waals surface area contributed by atoms with Gasteiger partial charge in [-0.05, 0) is 38.1 Å². The summed E-state index contributed by atoms with van der Waals surface area (Å²) in [5.74, 6) is 0.635. The highest BCUT2D eigenvalue weighted by Crippen LogP contribution is 2.10. The predicted octanol–water partition coefficient (Wildman–Crippen LogP) is 2.55. The number of aromatic nitrogens is 2. The van der Waals surface area contributed by atoms with E-state index < -0.39 is 0 Å². The third-order valence-electron chi connectivity index (χ3n) is 4.02. The van der Waals surface area contributed by atoms with Crippen molar-refractivity contribution in [3.63, 3.8) is 0 Å². The Labute approximate surface area is 149 Å². The van der Waals surface area contributed by atoms with Crippen molar-refractivity contribution in [1.29, 1.82) is 0 Å². The number of amides is 1. The molecule has 1 heterocycles. The van der Waals surface area contributed by atoms with E-state index in [2.05, 4.69) is 46.3 Å². The Kier molecular flexibility index (Phi) is 7.35. The standard InChI is InChI=1S/C19H27N5O/c1-4-24(15(2)3)14-16-5-7-17(8-6-16)19(25)23-12-11-22-18-13-20-9-10-21-18/h5-10,13,15H,4,11-12,14H2,1-3H3,(H,21,22)(H,23,25). The lowest BCUT2D eigenvalue weighted by molar-refractivity contribution is 0.0955. The molecule has 0 spiro atoms. The number of carbonyl (C=O) groups excluding carboxylic acids is 1. The molecule has 0 fully saturated rings. The van der Waals surface area contributed by atoms with Crippen LogP contribution in [-0.4, -0.2) is 46.5 Å². The van der Waals surface area contributed by atoms with Gasteiger partial charge in [-0.2, -0.15) is 0 Å². The number of hydrogen-bond acceptors (Lipinski definition) is 5. The first-order valence-corrected chi connectivity index (χ1v) is 8.71. The molecule has 0 unspecified atom stereocenters. The molecule has 25 heavy (non-hydrogen) atoms. The summed E-state index contributed by atoms with van der Waals surface area (Å²) in [5.41, 5.74) is 1.90. The van der Waals surface area contributed by atoms with Gasteiger partial charge in [0.15, 0.2) is 0 Å². The molecule has 1 aromatic heterocycles. The van der Waals surface area contributed by atoms with Crippen LogP contribution in [-0.2, 0) is 6.54 Å². The SMILES string of the molecule is CCN(Cc1ccc(C(=O)NCCNc2cnccn2)cc1)C(C)C. The lowest BCUT2D eigenvalue weighted by atomic mass is 10.1. The summed E-state index contributed by atoms with van der Waals surface area (Å²) in [6.45, 7) is 9.59. The van der Waals surface area contributed by atoms with Gasteiger partial charge < -0.3 is 10.6 Å². The normalized spacial score (nSPS) is 10.9. The molecule has 134 valence electrons. The van der Waals surface area contributed by atoms with Crippen LogP contribution in [0.25, 0.3) is 0 Å². The summed E-state index contributed by atoms with van der Waals surface area (Å²) >= 11 is 0. The van der Waals surface area contributed by atoms with Crippen LogP contribution in [0.3, 0.4) is 0 Å². The van der Waals surface area contributed by atoms with Crippen molar-refractivity contribution >= 4 is 11.7 Å². The molecule has 2 N–H and O–H groups in total. The largest absolute Gasteiger partial charge is 0.367 e. The van der Waals surface area contributed by atoms with Crippen LogP contribution in [0.1, 0.15) is 36.7 Å². The Morgan fingerprint density at radius 2 is 1.92 bits per heavy atom. The number of carbonyl (C=O) groups is 1. The van der Waals surface area contributed by atoms with Gasteiger partial charge in [0.2, 0.25) is 0 Å². The number of rotatable bonds is 9. The van der Waals surface area contributed by atoms with Crippen LogP contribution in [0.4, 0.5) is 5.82 Å². The first-order chi connectivity index (χ1) is 12.1. The van der Waals surface area contributed by atoms with Crippen molar-refractivity contribution in [3.8, 4) is 0 Å². The highest BCUT2D eigenvalue weighted by Gasteiger charge is 2.09. The van der Waals surface area contributed by atoms with Crippen molar-refractivity contribution < 1.29 is 4.79 Å². The lowest BCUT2D eigenvalue weighted by Crippen LogP contribution is -2.30. The number of nitrogens with one attached hydrogen (secondary N) is 2. The van der Waals surface area contributed by atoms with Gasteiger partial charge in [0.05, 0.1) is 6.20 Å². The van der Waals surface area contributed by atoms with Gasteiger partial charge in [-0.1, -0.05) is 19.1 Å². The van der Waals surface area contributed by atoms with Crippen LogP contribution >= 0.6 is 0 Å². The third kappa shape index (κ3) is 6.15. The first-order valence-electron chi connectivity index (χ1n) is 8.71. The van der Waals surface area contributed by atoms with Crippen molar-refractivity contribution in [2.24, 2.45) is 0 Å². The maximum atomic E-state index is 12.2. The fraction of sp³-hybridized carbons (Fsp3) is 0.421. The minimum absolute atomic E-state index is 0.0660. The Morgan fingerprint density at radius 1 is 1.16 bits per heavy atom. The summed E-state index contributed by atoms with van der Waals surface area (Å²) in [6, 6.07) is 8.33. The van der Waals surface area contributed by atoms with Crippen LogP contribution in [0.5, 0.6) is 0 Å².